The van der Waals surface area contributed by atoms with E-state index in [1.54, 1.807) is 27.8 Å². The number of carbonyl (C=O) groups is 1. The van der Waals surface area contributed by atoms with E-state index < -0.39 is 0 Å². The first kappa shape index (κ1) is 15.3. The Balaban J connectivity index is 1.79. The van der Waals surface area contributed by atoms with Crippen LogP contribution in [0.25, 0.3) is 5.65 Å². The first-order chi connectivity index (χ1) is 11.5. The fraction of sp³-hybridized carbons (Fsp3) is 0.235. The maximum atomic E-state index is 13.5. The Morgan fingerprint density at radius 3 is 3.04 bits per heavy atom. The molecule has 0 unspecified atom stereocenters. The van der Waals surface area contributed by atoms with Gasteiger partial charge in [-0.3, -0.25) is 9.20 Å². The highest BCUT2D eigenvalue weighted by Gasteiger charge is 2.25. The summed E-state index contributed by atoms with van der Waals surface area (Å²) in [6.45, 7) is 2.42. The van der Waals surface area contributed by atoms with Crippen LogP contribution in [0.2, 0.25) is 0 Å². The number of hydrogen-bond donors (Lipinski definition) is 0. The third-order valence-electron chi connectivity index (χ3n) is 4.24. The second kappa shape index (κ2) is 5.66. The Morgan fingerprint density at radius 2 is 2.21 bits per heavy atom. The molecule has 3 heterocycles. The molecular weight excluding hydrogens is 375 g/mol. The van der Waals surface area contributed by atoms with Gasteiger partial charge in [0.25, 0.3) is 5.91 Å². The van der Waals surface area contributed by atoms with Crippen LogP contribution in [0.5, 0.6) is 0 Å². The summed E-state index contributed by atoms with van der Waals surface area (Å²) < 4.78 is 16.0. The van der Waals surface area contributed by atoms with Gasteiger partial charge in [-0.2, -0.15) is 0 Å². The average Bonchev–Trinajstić information content (AvgIpc) is 2.95. The molecule has 1 aliphatic heterocycles. The highest BCUT2D eigenvalue weighted by Crippen LogP contribution is 2.29. The highest BCUT2D eigenvalue weighted by atomic mass is 79.9. The quantitative estimate of drug-likeness (QED) is 0.640. The fourth-order valence-electron chi connectivity index (χ4n) is 3.13. The summed E-state index contributed by atoms with van der Waals surface area (Å²) in [5, 5.41) is 0. The van der Waals surface area contributed by atoms with Crippen molar-refractivity contribution in [1.82, 2.24) is 14.4 Å². The minimum atomic E-state index is -0.277. The zero-order valence-electron chi connectivity index (χ0n) is 13.0. The maximum Gasteiger partial charge on any atom is 0.278 e. The lowest BCUT2D eigenvalue weighted by Gasteiger charge is -2.29. The van der Waals surface area contributed by atoms with Crippen molar-refractivity contribution >= 4 is 33.2 Å². The van der Waals surface area contributed by atoms with Gasteiger partial charge in [-0.25, -0.2) is 14.4 Å². The Labute approximate surface area is 146 Å². The smallest absolute Gasteiger partial charge is 0.278 e. The molecule has 1 amide bonds. The van der Waals surface area contributed by atoms with Crippen LogP contribution >= 0.6 is 15.9 Å². The number of imidazole rings is 1. The predicted molar refractivity (Wildman–Crippen MR) is 91.8 cm³/mol. The molecule has 1 aliphatic rings. The molecule has 0 atom stereocenters. The zero-order chi connectivity index (χ0) is 16.8. The molecule has 0 N–H and O–H groups in total. The van der Waals surface area contributed by atoms with E-state index in [0.717, 1.165) is 28.7 Å². The summed E-state index contributed by atoms with van der Waals surface area (Å²) in [6, 6.07) is 4.56. The normalized spacial score (nSPS) is 14.0. The van der Waals surface area contributed by atoms with E-state index in [-0.39, 0.29) is 11.7 Å². The van der Waals surface area contributed by atoms with Crippen molar-refractivity contribution in [2.24, 2.45) is 0 Å². The van der Waals surface area contributed by atoms with Gasteiger partial charge in [0.2, 0.25) is 0 Å². The van der Waals surface area contributed by atoms with E-state index in [0.29, 0.717) is 23.6 Å². The monoisotopic (exact) mass is 388 g/mol. The van der Waals surface area contributed by atoms with Crippen LogP contribution in [0.1, 0.15) is 28.2 Å². The van der Waals surface area contributed by atoms with Crippen molar-refractivity contribution in [3.8, 4) is 0 Å². The van der Waals surface area contributed by atoms with Crippen molar-refractivity contribution in [3.05, 3.63) is 58.0 Å². The number of amides is 1. The van der Waals surface area contributed by atoms with Gasteiger partial charge in [0.15, 0.2) is 5.65 Å². The number of aryl methyl sites for hydroxylation is 2. The molecule has 0 radical (unpaired) electrons. The number of nitrogens with zero attached hydrogens (tertiary/aromatic N) is 4. The number of carbonyl (C=O) groups excluding carboxylic acids is 1. The van der Waals surface area contributed by atoms with Crippen LogP contribution in [0.4, 0.5) is 10.1 Å². The maximum absolute atomic E-state index is 13.5. The van der Waals surface area contributed by atoms with Crippen LogP contribution in [0.15, 0.2) is 35.2 Å². The minimum Gasteiger partial charge on any atom is -0.307 e. The van der Waals surface area contributed by atoms with E-state index in [1.807, 2.05) is 6.92 Å². The molecule has 0 fully saturated rings. The number of benzene rings is 1. The Hall–Kier alpha value is -2.28. The number of aromatic nitrogens is 3. The lowest BCUT2D eigenvalue weighted by molar-refractivity contribution is 0.0979. The molecule has 0 saturated carbocycles. The van der Waals surface area contributed by atoms with Gasteiger partial charge in [0, 0.05) is 18.4 Å². The van der Waals surface area contributed by atoms with Gasteiger partial charge in [0.1, 0.15) is 16.1 Å². The second-order valence-electron chi connectivity index (χ2n) is 5.82. The molecule has 7 heteroatoms. The number of rotatable bonds is 1. The third-order valence-corrected chi connectivity index (χ3v) is 4.83. The van der Waals surface area contributed by atoms with E-state index in [4.69, 9.17) is 0 Å². The third kappa shape index (κ3) is 2.39. The van der Waals surface area contributed by atoms with E-state index in [9.17, 15) is 9.18 Å². The summed E-state index contributed by atoms with van der Waals surface area (Å²) in [6.07, 6.45) is 4.93. The van der Waals surface area contributed by atoms with E-state index >= 15 is 0 Å². The van der Waals surface area contributed by atoms with Crippen LogP contribution in [0.3, 0.4) is 0 Å². The van der Waals surface area contributed by atoms with Crippen molar-refractivity contribution in [2.75, 3.05) is 11.4 Å². The van der Waals surface area contributed by atoms with Gasteiger partial charge in [-0.05, 0) is 59.5 Å². The van der Waals surface area contributed by atoms with Crippen LogP contribution in [-0.2, 0) is 6.42 Å². The second-order valence-corrected chi connectivity index (χ2v) is 6.63. The molecule has 0 aliphatic carbocycles. The predicted octanol–water partition coefficient (Wildman–Crippen LogP) is 3.53. The van der Waals surface area contributed by atoms with Crippen LogP contribution in [-0.4, -0.2) is 26.8 Å². The first-order valence-electron chi connectivity index (χ1n) is 7.65. The van der Waals surface area contributed by atoms with Gasteiger partial charge in [-0.15, -0.1) is 0 Å². The number of hydrogen-bond acceptors (Lipinski definition) is 3. The summed E-state index contributed by atoms with van der Waals surface area (Å²) in [5.41, 5.74) is 3.35. The average molecular weight is 389 g/mol. The van der Waals surface area contributed by atoms with Crippen molar-refractivity contribution in [1.29, 1.82) is 0 Å². The molecule has 122 valence electrons. The van der Waals surface area contributed by atoms with E-state index in [1.165, 1.54) is 12.1 Å². The van der Waals surface area contributed by atoms with Gasteiger partial charge in [0.05, 0.1) is 11.9 Å². The van der Waals surface area contributed by atoms with Gasteiger partial charge >= 0.3 is 0 Å². The molecule has 3 aromatic rings. The molecule has 4 rings (SSSR count). The zero-order valence-corrected chi connectivity index (χ0v) is 14.5. The molecule has 1 aromatic carbocycles. The largest absolute Gasteiger partial charge is 0.307 e. The SMILES string of the molecule is Cc1nc(C(=O)N2CCCc3cc(F)ccc32)cn2c(Br)cnc12. The molecule has 0 saturated heterocycles. The van der Waals surface area contributed by atoms with Gasteiger partial charge in [-0.1, -0.05) is 0 Å². The minimum absolute atomic E-state index is 0.187. The number of halogens is 2. The fourth-order valence-corrected chi connectivity index (χ4v) is 3.50. The van der Waals surface area contributed by atoms with Crippen LogP contribution < -0.4 is 4.90 Å². The number of anilines is 1. The molecular formula is C17H14BrFN4O. The van der Waals surface area contributed by atoms with Gasteiger partial charge < -0.3 is 4.90 Å². The van der Waals surface area contributed by atoms with Crippen molar-refractivity contribution in [3.63, 3.8) is 0 Å². The summed E-state index contributed by atoms with van der Waals surface area (Å²) in [5.74, 6) is -0.464. The highest BCUT2D eigenvalue weighted by molar-refractivity contribution is 9.10. The molecule has 0 spiro atoms. The first-order valence-corrected chi connectivity index (χ1v) is 8.44. The summed E-state index contributed by atoms with van der Waals surface area (Å²) >= 11 is 3.42. The van der Waals surface area contributed by atoms with Crippen molar-refractivity contribution in [2.45, 2.75) is 19.8 Å². The summed E-state index contributed by atoms with van der Waals surface area (Å²) in [4.78, 5) is 23.3. The standard InChI is InChI=1S/C17H14BrFN4O/c1-10-16-20-8-15(18)23(16)9-13(21-10)17(24)22-6-2-3-11-7-12(19)4-5-14(11)22/h4-5,7-9H,2-3,6H2,1H3. The summed E-state index contributed by atoms with van der Waals surface area (Å²) in [7, 11) is 0. The van der Waals surface area contributed by atoms with Crippen LogP contribution in [0, 0.1) is 12.7 Å². The molecule has 0 bridgehead atoms. The van der Waals surface area contributed by atoms with E-state index in [2.05, 4.69) is 25.9 Å². The van der Waals surface area contributed by atoms with Crippen molar-refractivity contribution < 1.29 is 9.18 Å². The Kier molecular flexibility index (Phi) is 3.60. The molecule has 2 aromatic heterocycles. The topological polar surface area (TPSA) is 50.5 Å². The lowest BCUT2D eigenvalue weighted by atomic mass is 10.0. The molecule has 5 nitrogen and oxygen atoms in total. The Morgan fingerprint density at radius 1 is 1.38 bits per heavy atom. The Bertz CT molecular complexity index is 969. The molecule has 24 heavy (non-hydrogen) atoms. The number of fused-ring (bicyclic) bond motifs is 2. The lowest BCUT2D eigenvalue weighted by Crippen LogP contribution is -2.36.